The van der Waals surface area contributed by atoms with Gasteiger partial charge in [0.2, 0.25) is 0 Å². The fourth-order valence-corrected chi connectivity index (χ4v) is 2.86. The molecule has 5 nitrogen and oxygen atoms in total. The summed E-state index contributed by atoms with van der Waals surface area (Å²) in [5.41, 5.74) is -1.19. The van der Waals surface area contributed by atoms with Crippen LogP contribution < -0.4 is 5.32 Å². The van der Waals surface area contributed by atoms with E-state index in [0.29, 0.717) is 6.61 Å². The molecule has 0 bridgehead atoms. The first-order valence-corrected chi connectivity index (χ1v) is 7.13. The van der Waals surface area contributed by atoms with Gasteiger partial charge in [-0.05, 0) is 37.5 Å². The zero-order valence-corrected chi connectivity index (χ0v) is 12.1. The third-order valence-electron chi connectivity index (χ3n) is 4.18. The fourth-order valence-electron chi connectivity index (χ4n) is 2.86. The van der Waals surface area contributed by atoms with E-state index in [9.17, 15) is 18.4 Å². The summed E-state index contributed by atoms with van der Waals surface area (Å²) >= 11 is 0. The predicted molar refractivity (Wildman–Crippen MR) is 72.9 cm³/mol. The number of rotatable bonds is 3. The standard InChI is InChI=1S/C15H16F2N2O3/c1-15(9-4-5-11(16)12(17)7-9)13(20)19(14(21)18-15)8-10-3-2-6-22-10/h4-5,7,10H,2-3,6,8H2,1H3,(H,18,21). The van der Waals surface area contributed by atoms with Gasteiger partial charge < -0.3 is 10.1 Å². The van der Waals surface area contributed by atoms with Crippen LogP contribution in [0, 0.1) is 11.6 Å². The Hall–Kier alpha value is -2.02. The van der Waals surface area contributed by atoms with Crippen molar-refractivity contribution < 1.29 is 23.1 Å². The lowest BCUT2D eigenvalue weighted by Gasteiger charge is -2.23. The molecule has 1 aromatic carbocycles. The number of carbonyl (C=O) groups excluding carboxylic acids is 2. The van der Waals surface area contributed by atoms with Crippen molar-refractivity contribution in [2.75, 3.05) is 13.2 Å². The molecule has 3 amide bonds. The molecule has 2 atom stereocenters. The molecule has 3 rings (SSSR count). The smallest absolute Gasteiger partial charge is 0.325 e. The zero-order chi connectivity index (χ0) is 15.9. The molecular formula is C15H16F2N2O3. The van der Waals surface area contributed by atoms with Gasteiger partial charge in [0.1, 0.15) is 5.54 Å². The van der Waals surface area contributed by atoms with Crippen molar-refractivity contribution in [1.29, 1.82) is 0 Å². The summed E-state index contributed by atoms with van der Waals surface area (Å²) in [7, 11) is 0. The summed E-state index contributed by atoms with van der Waals surface area (Å²) < 4.78 is 31.9. The zero-order valence-electron chi connectivity index (χ0n) is 12.1. The minimum absolute atomic E-state index is 0.165. The van der Waals surface area contributed by atoms with Gasteiger partial charge in [0.05, 0.1) is 12.6 Å². The van der Waals surface area contributed by atoms with Crippen molar-refractivity contribution in [3.8, 4) is 0 Å². The Balaban J connectivity index is 1.86. The molecule has 0 radical (unpaired) electrons. The van der Waals surface area contributed by atoms with Crippen LogP contribution in [0.25, 0.3) is 0 Å². The van der Waals surface area contributed by atoms with Gasteiger partial charge in [-0.1, -0.05) is 6.07 Å². The Morgan fingerprint density at radius 3 is 2.77 bits per heavy atom. The van der Waals surface area contributed by atoms with E-state index in [1.54, 1.807) is 0 Å². The summed E-state index contributed by atoms with van der Waals surface area (Å²) in [6.07, 6.45) is 1.52. The molecule has 118 valence electrons. The van der Waals surface area contributed by atoms with Gasteiger partial charge in [-0.3, -0.25) is 9.69 Å². The Kier molecular flexibility index (Phi) is 3.60. The molecule has 0 spiro atoms. The molecule has 2 aliphatic rings. The average Bonchev–Trinajstić information content (AvgIpc) is 3.06. The molecule has 22 heavy (non-hydrogen) atoms. The van der Waals surface area contributed by atoms with E-state index < -0.39 is 29.1 Å². The average molecular weight is 310 g/mol. The van der Waals surface area contributed by atoms with Crippen LogP contribution >= 0.6 is 0 Å². The molecular weight excluding hydrogens is 294 g/mol. The maximum absolute atomic E-state index is 13.4. The number of urea groups is 1. The molecule has 1 aromatic rings. The largest absolute Gasteiger partial charge is 0.376 e. The van der Waals surface area contributed by atoms with Gasteiger partial charge in [0.15, 0.2) is 11.6 Å². The van der Waals surface area contributed by atoms with Gasteiger partial charge in [0, 0.05) is 6.61 Å². The summed E-state index contributed by atoms with van der Waals surface area (Å²) in [5, 5.41) is 2.56. The van der Waals surface area contributed by atoms with Crippen LogP contribution in [0.3, 0.4) is 0 Å². The van der Waals surface area contributed by atoms with Gasteiger partial charge >= 0.3 is 6.03 Å². The minimum atomic E-state index is -1.40. The highest BCUT2D eigenvalue weighted by Crippen LogP contribution is 2.30. The Morgan fingerprint density at radius 1 is 1.36 bits per heavy atom. The van der Waals surface area contributed by atoms with Crippen molar-refractivity contribution in [3.05, 3.63) is 35.4 Å². The van der Waals surface area contributed by atoms with Crippen molar-refractivity contribution >= 4 is 11.9 Å². The fraction of sp³-hybridized carbons (Fsp3) is 0.467. The number of nitrogens with one attached hydrogen (secondary N) is 1. The Bertz CT molecular complexity index is 631. The first-order valence-electron chi connectivity index (χ1n) is 7.13. The topological polar surface area (TPSA) is 58.6 Å². The number of hydrogen-bond acceptors (Lipinski definition) is 3. The van der Waals surface area contributed by atoms with Crippen LogP contribution in [0.5, 0.6) is 0 Å². The summed E-state index contributed by atoms with van der Waals surface area (Å²) in [4.78, 5) is 25.8. The molecule has 2 saturated heterocycles. The molecule has 0 aromatic heterocycles. The van der Waals surface area contributed by atoms with E-state index in [-0.39, 0.29) is 18.2 Å². The second-order valence-electron chi connectivity index (χ2n) is 5.73. The Labute approximate surface area is 126 Å². The van der Waals surface area contributed by atoms with Crippen LogP contribution in [0.2, 0.25) is 0 Å². The van der Waals surface area contributed by atoms with E-state index in [1.165, 1.54) is 13.0 Å². The number of halogens is 2. The molecule has 2 heterocycles. The molecule has 2 unspecified atom stereocenters. The van der Waals surface area contributed by atoms with E-state index in [1.807, 2.05) is 0 Å². The summed E-state index contributed by atoms with van der Waals surface area (Å²) in [5.74, 6) is -2.54. The van der Waals surface area contributed by atoms with Crippen LogP contribution in [0.15, 0.2) is 18.2 Å². The van der Waals surface area contributed by atoms with Crippen molar-refractivity contribution in [3.63, 3.8) is 0 Å². The lowest BCUT2D eigenvalue weighted by molar-refractivity contribution is -0.132. The maximum atomic E-state index is 13.4. The van der Waals surface area contributed by atoms with Crippen LogP contribution in [-0.4, -0.2) is 36.1 Å². The number of nitrogens with zero attached hydrogens (tertiary/aromatic N) is 1. The second kappa shape index (κ2) is 5.31. The van der Waals surface area contributed by atoms with Gasteiger partial charge in [-0.2, -0.15) is 0 Å². The summed E-state index contributed by atoms with van der Waals surface area (Å²) in [6.45, 7) is 2.27. The number of amides is 3. The van der Waals surface area contributed by atoms with Crippen LogP contribution in [-0.2, 0) is 15.1 Å². The predicted octanol–water partition coefficient (Wildman–Crippen LogP) is 1.91. The molecule has 1 N–H and O–H groups in total. The van der Waals surface area contributed by atoms with E-state index >= 15 is 0 Å². The molecule has 0 saturated carbocycles. The second-order valence-corrected chi connectivity index (χ2v) is 5.73. The van der Waals surface area contributed by atoms with E-state index in [0.717, 1.165) is 29.9 Å². The first kappa shape index (κ1) is 14.9. The first-order chi connectivity index (χ1) is 10.4. The highest BCUT2D eigenvalue weighted by molar-refractivity contribution is 6.07. The maximum Gasteiger partial charge on any atom is 0.325 e. The highest BCUT2D eigenvalue weighted by atomic mass is 19.2. The third-order valence-corrected chi connectivity index (χ3v) is 4.18. The van der Waals surface area contributed by atoms with Crippen molar-refractivity contribution in [2.24, 2.45) is 0 Å². The SMILES string of the molecule is CC1(c2ccc(F)c(F)c2)NC(=O)N(CC2CCCO2)C1=O. The lowest BCUT2D eigenvalue weighted by atomic mass is 9.92. The minimum Gasteiger partial charge on any atom is -0.376 e. The number of ether oxygens (including phenoxy) is 1. The molecule has 2 aliphatic heterocycles. The molecule has 2 fully saturated rings. The quantitative estimate of drug-likeness (QED) is 0.868. The van der Waals surface area contributed by atoms with Crippen LogP contribution in [0.1, 0.15) is 25.3 Å². The van der Waals surface area contributed by atoms with Crippen LogP contribution in [0.4, 0.5) is 13.6 Å². The summed E-state index contributed by atoms with van der Waals surface area (Å²) in [6, 6.07) is 2.63. The number of benzene rings is 1. The monoisotopic (exact) mass is 310 g/mol. The number of carbonyl (C=O) groups is 2. The molecule has 7 heteroatoms. The normalized spacial score (nSPS) is 28.3. The van der Waals surface area contributed by atoms with Crippen molar-refractivity contribution in [2.45, 2.75) is 31.4 Å². The molecule has 0 aliphatic carbocycles. The number of hydrogen-bond donors (Lipinski definition) is 1. The van der Waals surface area contributed by atoms with Gasteiger partial charge in [-0.25, -0.2) is 13.6 Å². The van der Waals surface area contributed by atoms with Crippen molar-refractivity contribution in [1.82, 2.24) is 10.2 Å². The van der Waals surface area contributed by atoms with E-state index in [2.05, 4.69) is 5.32 Å². The third kappa shape index (κ3) is 2.35. The van der Waals surface area contributed by atoms with E-state index in [4.69, 9.17) is 4.74 Å². The van der Waals surface area contributed by atoms with Gasteiger partial charge in [0.25, 0.3) is 5.91 Å². The highest BCUT2D eigenvalue weighted by Gasteiger charge is 2.49. The lowest BCUT2D eigenvalue weighted by Crippen LogP contribution is -2.42. The number of imide groups is 1. The Morgan fingerprint density at radius 2 is 2.14 bits per heavy atom. The van der Waals surface area contributed by atoms with Gasteiger partial charge in [-0.15, -0.1) is 0 Å².